The number of nitrogens with zero attached hydrogens (tertiary/aromatic N) is 1. The van der Waals surface area contributed by atoms with E-state index in [1.165, 1.54) is 22.4 Å². The summed E-state index contributed by atoms with van der Waals surface area (Å²) in [6.07, 6.45) is 1.13. The lowest BCUT2D eigenvalue weighted by molar-refractivity contribution is 0.486. The molecule has 20 heavy (non-hydrogen) atoms. The van der Waals surface area contributed by atoms with Crippen molar-refractivity contribution in [1.29, 1.82) is 0 Å². The van der Waals surface area contributed by atoms with Crippen molar-refractivity contribution in [3.8, 4) is 0 Å². The number of nitrogens with one attached hydrogen (secondary N) is 1. The Morgan fingerprint density at radius 1 is 0.950 bits per heavy atom. The number of hydrogen-bond acceptors (Lipinski definition) is 1. The summed E-state index contributed by atoms with van der Waals surface area (Å²) in [5.74, 6) is 0. The summed E-state index contributed by atoms with van der Waals surface area (Å²) < 4.78 is 0.856. The molecule has 0 amide bonds. The van der Waals surface area contributed by atoms with Crippen molar-refractivity contribution in [1.82, 2.24) is 9.80 Å². The number of benzene rings is 2. The molecule has 0 bridgehead atoms. The van der Waals surface area contributed by atoms with E-state index in [1.807, 2.05) is 0 Å². The molecule has 1 unspecified atom stereocenters. The predicted molar refractivity (Wildman–Crippen MR) is 86.0 cm³/mol. The Labute approximate surface area is 121 Å². The minimum absolute atomic E-state index is 0.335. The molecule has 1 N–H and O–H groups in total. The van der Waals surface area contributed by atoms with Crippen molar-refractivity contribution < 1.29 is 0 Å². The van der Waals surface area contributed by atoms with Gasteiger partial charge in [-0.15, -0.1) is 0 Å². The van der Waals surface area contributed by atoms with Gasteiger partial charge in [-0.25, -0.2) is 0 Å². The average molecular weight is 267 g/mol. The van der Waals surface area contributed by atoms with E-state index in [2.05, 4.69) is 75.0 Å². The Balaban J connectivity index is 1.95. The molecule has 0 fully saturated rings. The first-order valence-electron chi connectivity index (χ1n) is 7.29. The van der Waals surface area contributed by atoms with Crippen LogP contribution in [0.25, 0.3) is 0 Å². The molecule has 0 saturated carbocycles. The fourth-order valence-electron chi connectivity index (χ4n) is 2.92. The van der Waals surface area contributed by atoms with Gasteiger partial charge in [0.15, 0.2) is 0 Å². The summed E-state index contributed by atoms with van der Waals surface area (Å²) in [4.78, 5) is 0. The van der Waals surface area contributed by atoms with E-state index < -0.39 is 0 Å². The quantitative estimate of drug-likeness (QED) is 0.824. The third-order valence-electron chi connectivity index (χ3n) is 4.11. The molecule has 3 rings (SSSR count). The molecule has 0 radical (unpaired) electrons. The standard InChI is InChI=1S/C18H23N2/c1-20(2,3)16-10-8-15(9-11-16)18-17-7-5-4-6-14(17)12-13-19-18/h4-11,18-19H,12-13H2,1-3H3/q+1. The molecule has 0 saturated heterocycles. The van der Waals surface area contributed by atoms with Crippen LogP contribution in [-0.4, -0.2) is 27.7 Å². The van der Waals surface area contributed by atoms with E-state index in [4.69, 9.17) is 0 Å². The summed E-state index contributed by atoms with van der Waals surface area (Å²) in [6, 6.07) is 18.1. The molecule has 2 aromatic carbocycles. The van der Waals surface area contributed by atoms with Gasteiger partial charge in [-0.1, -0.05) is 36.4 Å². The second-order valence-electron chi connectivity index (χ2n) is 6.44. The minimum atomic E-state index is 0.335. The fourth-order valence-corrected chi connectivity index (χ4v) is 2.92. The van der Waals surface area contributed by atoms with Crippen LogP contribution in [0.15, 0.2) is 48.5 Å². The Morgan fingerprint density at radius 3 is 2.35 bits per heavy atom. The largest absolute Gasteiger partial charge is 0.306 e. The fraction of sp³-hybridized carbons (Fsp3) is 0.333. The molecular weight excluding hydrogens is 244 g/mol. The Morgan fingerprint density at radius 2 is 1.65 bits per heavy atom. The molecule has 1 atom stereocenters. The molecule has 1 aliphatic rings. The first-order valence-corrected chi connectivity index (χ1v) is 7.29. The summed E-state index contributed by atoms with van der Waals surface area (Å²) in [6.45, 7) is 1.05. The van der Waals surface area contributed by atoms with Gasteiger partial charge in [-0.3, -0.25) is 4.48 Å². The van der Waals surface area contributed by atoms with Gasteiger partial charge in [0.1, 0.15) is 5.69 Å². The number of hydrogen-bond donors (Lipinski definition) is 1. The Hall–Kier alpha value is -1.64. The molecule has 104 valence electrons. The van der Waals surface area contributed by atoms with Crippen LogP contribution in [0.1, 0.15) is 22.7 Å². The van der Waals surface area contributed by atoms with Gasteiger partial charge in [-0.05, 0) is 35.2 Å². The van der Waals surface area contributed by atoms with Crippen molar-refractivity contribution in [2.45, 2.75) is 12.5 Å². The highest BCUT2D eigenvalue weighted by Crippen LogP contribution is 2.30. The van der Waals surface area contributed by atoms with Crippen molar-refractivity contribution in [3.63, 3.8) is 0 Å². The van der Waals surface area contributed by atoms with Crippen molar-refractivity contribution in [3.05, 3.63) is 65.2 Å². The van der Waals surface area contributed by atoms with Crippen LogP contribution in [-0.2, 0) is 6.42 Å². The zero-order valence-electron chi connectivity index (χ0n) is 12.6. The van der Waals surface area contributed by atoms with E-state index in [1.54, 1.807) is 0 Å². The topological polar surface area (TPSA) is 12.0 Å². The van der Waals surface area contributed by atoms with Crippen LogP contribution in [0.3, 0.4) is 0 Å². The first-order chi connectivity index (χ1) is 9.55. The van der Waals surface area contributed by atoms with Crippen molar-refractivity contribution >= 4 is 5.69 Å². The predicted octanol–water partition coefficient (Wildman–Crippen LogP) is 3.12. The van der Waals surface area contributed by atoms with Gasteiger partial charge < -0.3 is 5.32 Å². The minimum Gasteiger partial charge on any atom is -0.306 e. The lowest BCUT2D eigenvalue weighted by Crippen LogP contribution is -2.35. The molecular formula is C18H23N2+. The smallest absolute Gasteiger partial charge is 0.132 e. The Bertz CT molecular complexity index is 594. The average Bonchev–Trinajstić information content (AvgIpc) is 2.46. The van der Waals surface area contributed by atoms with Gasteiger partial charge in [0.05, 0.1) is 27.2 Å². The van der Waals surface area contributed by atoms with Crippen LogP contribution in [0, 0.1) is 0 Å². The number of rotatable bonds is 2. The molecule has 0 aromatic heterocycles. The van der Waals surface area contributed by atoms with Crippen molar-refractivity contribution in [2.75, 3.05) is 27.7 Å². The van der Waals surface area contributed by atoms with Gasteiger partial charge in [0.25, 0.3) is 0 Å². The summed E-state index contributed by atoms with van der Waals surface area (Å²) in [5.41, 5.74) is 5.59. The third-order valence-corrected chi connectivity index (χ3v) is 4.11. The highest BCUT2D eigenvalue weighted by atomic mass is 15.3. The van der Waals surface area contributed by atoms with Gasteiger partial charge in [0, 0.05) is 6.54 Å². The highest BCUT2D eigenvalue weighted by Gasteiger charge is 2.21. The van der Waals surface area contributed by atoms with Gasteiger partial charge in [-0.2, -0.15) is 0 Å². The first kappa shape index (κ1) is 13.3. The second-order valence-corrected chi connectivity index (χ2v) is 6.44. The maximum Gasteiger partial charge on any atom is 0.132 e. The van der Waals surface area contributed by atoms with Gasteiger partial charge in [0.2, 0.25) is 0 Å². The molecule has 1 aliphatic heterocycles. The maximum absolute atomic E-state index is 3.64. The molecule has 1 heterocycles. The second kappa shape index (κ2) is 5.04. The van der Waals surface area contributed by atoms with E-state index >= 15 is 0 Å². The zero-order valence-corrected chi connectivity index (χ0v) is 12.6. The van der Waals surface area contributed by atoms with Crippen molar-refractivity contribution in [2.24, 2.45) is 0 Å². The summed E-state index contributed by atoms with van der Waals surface area (Å²) in [7, 11) is 6.59. The molecule has 0 aliphatic carbocycles. The summed E-state index contributed by atoms with van der Waals surface area (Å²) >= 11 is 0. The molecule has 2 heteroatoms. The molecule has 2 aromatic rings. The van der Waals surface area contributed by atoms with E-state index in [0.717, 1.165) is 17.4 Å². The number of quaternary nitrogens is 1. The lowest BCUT2D eigenvalue weighted by Gasteiger charge is -2.28. The Kier molecular flexibility index (Phi) is 3.36. The normalized spacial score (nSPS) is 18.6. The maximum atomic E-state index is 3.64. The van der Waals surface area contributed by atoms with E-state index in [-0.39, 0.29) is 0 Å². The lowest BCUT2D eigenvalue weighted by atomic mass is 9.90. The monoisotopic (exact) mass is 267 g/mol. The molecule has 0 spiro atoms. The SMILES string of the molecule is C[N+](C)(C)c1ccc(C2NCCc3ccccc32)cc1. The summed E-state index contributed by atoms with van der Waals surface area (Å²) in [5, 5.41) is 3.64. The number of fused-ring (bicyclic) bond motifs is 1. The van der Waals surface area contributed by atoms with Crippen LogP contribution in [0.4, 0.5) is 5.69 Å². The third kappa shape index (κ3) is 2.49. The van der Waals surface area contributed by atoms with Gasteiger partial charge >= 0.3 is 0 Å². The van der Waals surface area contributed by atoms with E-state index in [0.29, 0.717) is 6.04 Å². The molecule has 2 nitrogen and oxygen atoms in total. The van der Waals surface area contributed by atoms with Crippen LogP contribution in [0.2, 0.25) is 0 Å². The highest BCUT2D eigenvalue weighted by molar-refractivity contribution is 5.46. The zero-order chi connectivity index (χ0) is 14.2. The van der Waals surface area contributed by atoms with Crippen LogP contribution < -0.4 is 9.80 Å². The van der Waals surface area contributed by atoms with Crippen LogP contribution >= 0.6 is 0 Å². The van der Waals surface area contributed by atoms with Crippen LogP contribution in [0.5, 0.6) is 0 Å². The van der Waals surface area contributed by atoms with E-state index in [9.17, 15) is 0 Å².